The van der Waals surface area contributed by atoms with Crippen LogP contribution in [0.15, 0.2) is 41.3 Å². The Balaban J connectivity index is 1.64. The smallest absolute Gasteiger partial charge is 0.319 e. The molecule has 0 fully saturated rings. The maximum Gasteiger partial charge on any atom is 0.319 e. The third kappa shape index (κ3) is 4.50. The SMILES string of the molecule is Cc1c(Cl)cccc1NC(=O)NCCn1nnc2cc(S(=O)(=O)N(C)C)ccc21. The van der Waals surface area contributed by atoms with Gasteiger partial charge >= 0.3 is 6.03 Å². The third-order valence-corrected chi connectivity index (χ3v) is 6.61. The molecule has 0 radical (unpaired) electrons. The zero-order chi connectivity index (χ0) is 21.2. The molecule has 2 aromatic carbocycles. The number of anilines is 1. The summed E-state index contributed by atoms with van der Waals surface area (Å²) in [6.45, 7) is 2.50. The lowest BCUT2D eigenvalue weighted by Crippen LogP contribution is -2.31. The number of nitrogens with zero attached hydrogens (tertiary/aromatic N) is 4. The highest BCUT2D eigenvalue weighted by molar-refractivity contribution is 7.89. The molecule has 11 heteroatoms. The van der Waals surface area contributed by atoms with E-state index < -0.39 is 10.0 Å². The number of hydrogen-bond acceptors (Lipinski definition) is 5. The number of amides is 2. The molecule has 1 aromatic heterocycles. The molecular formula is C18H21ClN6O3S. The molecule has 154 valence electrons. The van der Waals surface area contributed by atoms with Crippen molar-refractivity contribution in [2.45, 2.75) is 18.4 Å². The number of halogens is 1. The molecule has 3 rings (SSSR count). The van der Waals surface area contributed by atoms with Crippen LogP contribution in [0.4, 0.5) is 10.5 Å². The summed E-state index contributed by atoms with van der Waals surface area (Å²) in [5, 5.41) is 14.1. The van der Waals surface area contributed by atoms with E-state index in [1.54, 1.807) is 28.9 Å². The first-order valence-corrected chi connectivity index (χ1v) is 10.6. The number of rotatable bonds is 6. The number of carbonyl (C=O) groups is 1. The lowest BCUT2D eigenvalue weighted by Gasteiger charge is -2.11. The predicted molar refractivity (Wildman–Crippen MR) is 112 cm³/mol. The van der Waals surface area contributed by atoms with Gasteiger partial charge in [-0.25, -0.2) is 22.2 Å². The van der Waals surface area contributed by atoms with Crippen molar-refractivity contribution in [2.75, 3.05) is 26.0 Å². The summed E-state index contributed by atoms with van der Waals surface area (Å²) in [5.41, 5.74) is 2.56. The molecule has 0 saturated carbocycles. The molecule has 0 atom stereocenters. The first-order valence-electron chi connectivity index (χ1n) is 8.76. The molecule has 0 unspecified atom stereocenters. The van der Waals surface area contributed by atoms with Gasteiger partial charge in [0.2, 0.25) is 10.0 Å². The number of fused-ring (bicyclic) bond motifs is 1. The molecule has 0 aliphatic heterocycles. The van der Waals surface area contributed by atoms with Crippen molar-refractivity contribution in [3.8, 4) is 0 Å². The Kier molecular flexibility index (Phi) is 6.06. The first-order chi connectivity index (χ1) is 13.7. The largest absolute Gasteiger partial charge is 0.336 e. The first kappa shape index (κ1) is 21.0. The van der Waals surface area contributed by atoms with Gasteiger partial charge in [-0.05, 0) is 42.8 Å². The van der Waals surface area contributed by atoms with Gasteiger partial charge < -0.3 is 10.6 Å². The lowest BCUT2D eigenvalue weighted by molar-refractivity contribution is 0.251. The molecule has 9 nitrogen and oxygen atoms in total. The van der Waals surface area contributed by atoms with E-state index >= 15 is 0 Å². The Hall–Kier alpha value is -2.69. The van der Waals surface area contributed by atoms with E-state index in [0.29, 0.717) is 34.8 Å². The van der Waals surface area contributed by atoms with Gasteiger partial charge in [-0.3, -0.25) is 0 Å². The lowest BCUT2D eigenvalue weighted by atomic mass is 10.2. The van der Waals surface area contributed by atoms with Gasteiger partial charge in [0.15, 0.2) is 0 Å². The van der Waals surface area contributed by atoms with Crippen molar-refractivity contribution in [3.05, 3.63) is 47.0 Å². The van der Waals surface area contributed by atoms with Crippen LogP contribution in [-0.2, 0) is 16.6 Å². The normalized spacial score (nSPS) is 11.8. The number of aromatic nitrogens is 3. The highest BCUT2D eigenvalue weighted by Gasteiger charge is 2.18. The van der Waals surface area contributed by atoms with Crippen molar-refractivity contribution in [1.29, 1.82) is 0 Å². The Morgan fingerprint density at radius 3 is 2.72 bits per heavy atom. The van der Waals surface area contributed by atoms with Crippen molar-refractivity contribution in [3.63, 3.8) is 0 Å². The summed E-state index contributed by atoms with van der Waals surface area (Å²) in [6.07, 6.45) is 0. The molecule has 29 heavy (non-hydrogen) atoms. The molecule has 0 aliphatic carbocycles. The standard InChI is InChI=1S/C18H21ClN6O3S/c1-12-14(19)5-4-6-15(12)21-18(26)20-9-10-25-17-8-7-13(11-16(17)22-23-25)29(27,28)24(2)3/h4-8,11H,9-10H2,1-3H3,(H2,20,21,26). The van der Waals surface area contributed by atoms with Crippen LogP contribution < -0.4 is 10.6 Å². The monoisotopic (exact) mass is 436 g/mol. The van der Waals surface area contributed by atoms with Crippen LogP contribution in [0.25, 0.3) is 11.0 Å². The minimum absolute atomic E-state index is 0.149. The second-order valence-electron chi connectivity index (χ2n) is 6.54. The summed E-state index contributed by atoms with van der Waals surface area (Å²) in [6, 6.07) is 9.57. The minimum Gasteiger partial charge on any atom is -0.336 e. The summed E-state index contributed by atoms with van der Waals surface area (Å²) in [5.74, 6) is 0. The average molecular weight is 437 g/mol. The van der Waals surface area contributed by atoms with Gasteiger partial charge in [0.25, 0.3) is 0 Å². The van der Waals surface area contributed by atoms with Crippen molar-refractivity contribution in [1.82, 2.24) is 24.6 Å². The fourth-order valence-electron chi connectivity index (χ4n) is 2.67. The summed E-state index contributed by atoms with van der Waals surface area (Å²) in [7, 11) is -0.602. The van der Waals surface area contributed by atoms with Crippen LogP contribution in [0.2, 0.25) is 5.02 Å². The second kappa shape index (κ2) is 8.36. The van der Waals surface area contributed by atoms with E-state index in [9.17, 15) is 13.2 Å². The molecule has 1 heterocycles. The number of hydrogen-bond donors (Lipinski definition) is 2. The maximum absolute atomic E-state index is 12.2. The maximum atomic E-state index is 12.2. The number of benzene rings is 2. The van der Waals surface area contributed by atoms with E-state index in [0.717, 1.165) is 9.87 Å². The van der Waals surface area contributed by atoms with Crippen LogP contribution in [-0.4, -0.2) is 54.4 Å². The van der Waals surface area contributed by atoms with Gasteiger partial charge in [0.1, 0.15) is 5.52 Å². The van der Waals surface area contributed by atoms with Gasteiger partial charge in [-0.1, -0.05) is 22.9 Å². The van der Waals surface area contributed by atoms with Gasteiger partial charge in [-0.2, -0.15) is 0 Å². The highest BCUT2D eigenvalue weighted by atomic mass is 35.5. The molecule has 0 bridgehead atoms. The fraction of sp³-hybridized carbons (Fsp3) is 0.278. The molecule has 2 amide bonds. The van der Waals surface area contributed by atoms with E-state index in [-0.39, 0.29) is 10.9 Å². The molecular weight excluding hydrogens is 416 g/mol. The van der Waals surface area contributed by atoms with Crippen LogP contribution in [0.1, 0.15) is 5.56 Å². The van der Waals surface area contributed by atoms with Crippen LogP contribution >= 0.6 is 11.6 Å². The Morgan fingerprint density at radius 1 is 1.24 bits per heavy atom. The summed E-state index contributed by atoms with van der Waals surface area (Å²) in [4.78, 5) is 12.3. The van der Waals surface area contributed by atoms with E-state index in [1.165, 1.54) is 26.2 Å². The molecule has 0 spiro atoms. The van der Waals surface area contributed by atoms with Gasteiger partial charge in [0.05, 0.1) is 17.0 Å². The highest BCUT2D eigenvalue weighted by Crippen LogP contribution is 2.23. The number of nitrogens with one attached hydrogen (secondary N) is 2. The van der Waals surface area contributed by atoms with E-state index in [4.69, 9.17) is 11.6 Å². The fourth-order valence-corrected chi connectivity index (χ4v) is 3.77. The topological polar surface area (TPSA) is 109 Å². The average Bonchev–Trinajstić information content (AvgIpc) is 3.07. The van der Waals surface area contributed by atoms with Crippen LogP contribution in [0, 0.1) is 6.92 Å². The Morgan fingerprint density at radius 2 is 2.00 bits per heavy atom. The van der Waals surface area contributed by atoms with Crippen LogP contribution in [0.3, 0.4) is 0 Å². The molecule has 0 saturated heterocycles. The molecule has 3 aromatic rings. The molecule has 0 aliphatic rings. The quantitative estimate of drug-likeness (QED) is 0.616. The predicted octanol–water partition coefficient (Wildman–Crippen LogP) is 2.47. The van der Waals surface area contributed by atoms with Crippen molar-refractivity contribution < 1.29 is 13.2 Å². The zero-order valence-corrected chi connectivity index (χ0v) is 17.8. The zero-order valence-electron chi connectivity index (χ0n) is 16.2. The van der Waals surface area contributed by atoms with Crippen molar-refractivity contribution >= 4 is 44.4 Å². The molecule has 2 N–H and O–H groups in total. The summed E-state index contributed by atoms with van der Waals surface area (Å²) < 4.78 is 27.2. The van der Waals surface area contributed by atoms with Crippen molar-refractivity contribution in [2.24, 2.45) is 0 Å². The Labute approximate surface area is 173 Å². The Bertz CT molecular complexity index is 1160. The third-order valence-electron chi connectivity index (χ3n) is 4.39. The number of urea groups is 1. The van der Waals surface area contributed by atoms with E-state index in [1.807, 2.05) is 6.92 Å². The van der Waals surface area contributed by atoms with Gasteiger partial charge in [0, 0.05) is 31.4 Å². The minimum atomic E-state index is -3.54. The van der Waals surface area contributed by atoms with Crippen LogP contribution in [0.5, 0.6) is 0 Å². The van der Waals surface area contributed by atoms with Gasteiger partial charge in [-0.15, -0.1) is 5.10 Å². The van der Waals surface area contributed by atoms with E-state index in [2.05, 4.69) is 20.9 Å². The summed E-state index contributed by atoms with van der Waals surface area (Å²) >= 11 is 6.05. The second-order valence-corrected chi connectivity index (χ2v) is 9.10. The number of sulfonamides is 1. The number of carbonyl (C=O) groups excluding carboxylic acids is 1.